The third-order valence-electron chi connectivity index (χ3n) is 2.28. The molecular formula is C12H17NO2S. The summed E-state index contributed by atoms with van der Waals surface area (Å²) in [6.45, 7) is 1.97. The van der Waals surface area contributed by atoms with Crippen molar-refractivity contribution in [3.63, 3.8) is 0 Å². The number of hydrogen-bond donors (Lipinski definition) is 2. The number of amides is 1. The molecule has 2 N–H and O–H groups in total. The molecule has 1 atom stereocenters. The second kappa shape index (κ2) is 6.43. The highest BCUT2D eigenvalue weighted by Crippen LogP contribution is 2.15. The van der Waals surface area contributed by atoms with Gasteiger partial charge in [0, 0.05) is 6.04 Å². The highest BCUT2D eigenvalue weighted by atomic mass is 32.2. The first-order valence-electron chi connectivity index (χ1n) is 5.23. The van der Waals surface area contributed by atoms with Crippen molar-refractivity contribution in [3.8, 4) is 5.75 Å². The van der Waals surface area contributed by atoms with Crippen LogP contribution in [0.1, 0.15) is 23.7 Å². The zero-order valence-electron chi connectivity index (χ0n) is 9.56. The molecule has 3 nitrogen and oxygen atoms in total. The summed E-state index contributed by atoms with van der Waals surface area (Å²) < 4.78 is 0. The molecule has 0 spiro atoms. The van der Waals surface area contributed by atoms with Gasteiger partial charge in [0.25, 0.3) is 5.91 Å². The molecule has 1 amide bonds. The molecule has 0 radical (unpaired) electrons. The molecule has 0 heterocycles. The fourth-order valence-corrected chi connectivity index (χ4v) is 1.92. The van der Waals surface area contributed by atoms with E-state index in [1.165, 1.54) is 6.07 Å². The number of carbonyl (C=O) groups excluding carboxylic acids is 1. The van der Waals surface area contributed by atoms with Gasteiger partial charge >= 0.3 is 0 Å². The van der Waals surface area contributed by atoms with Crippen LogP contribution in [-0.2, 0) is 0 Å². The Morgan fingerprint density at radius 1 is 1.50 bits per heavy atom. The van der Waals surface area contributed by atoms with Crippen molar-refractivity contribution in [2.45, 2.75) is 19.4 Å². The molecule has 1 rings (SSSR count). The number of phenolic OH excluding ortho intramolecular Hbond substituents is 1. The molecule has 0 bridgehead atoms. The van der Waals surface area contributed by atoms with Gasteiger partial charge in [-0.15, -0.1) is 0 Å². The number of para-hydroxylation sites is 1. The maximum atomic E-state index is 11.8. The average Bonchev–Trinajstić information content (AvgIpc) is 2.26. The van der Waals surface area contributed by atoms with Crippen LogP contribution >= 0.6 is 11.8 Å². The smallest absolute Gasteiger partial charge is 0.255 e. The molecule has 0 saturated heterocycles. The van der Waals surface area contributed by atoms with E-state index in [0.717, 1.165) is 12.2 Å². The van der Waals surface area contributed by atoms with Gasteiger partial charge in [-0.25, -0.2) is 0 Å². The lowest BCUT2D eigenvalue weighted by molar-refractivity contribution is 0.0937. The number of phenols is 1. The van der Waals surface area contributed by atoms with E-state index < -0.39 is 0 Å². The van der Waals surface area contributed by atoms with Gasteiger partial charge in [0.15, 0.2) is 0 Å². The molecule has 1 aromatic carbocycles. The van der Waals surface area contributed by atoms with Crippen LogP contribution in [-0.4, -0.2) is 29.1 Å². The first kappa shape index (κ1) is 12.9. The average molecular weight is 239 g/mol. The minimum absolute atomic E-state index is 0.0251. The van der Waals surface area contributed by atoms with Crippen LogP contribution in [0.5, 0.6) is 5.75 Å². The Morgan fingerprint density at radius 3 is 2.81 bits per heavy atom. The van der Waals surface area contributed by atoms with Crippen molar-refractivity contribution in [2.75, 3.05) is 12.0 Å². The number of nitrogens with one attached hydrogen (secondary N) is 1. The number of hydrogen-bond acceptors (Lipinski definition) is 3. The molecule has 0 saturated carbocycles. The SMILES string of the molecule is CSCC[C@H](C)NC(=O)c1ccccc1O. The minimum Gasteiger partial charge on any atom is -0.507 e. The van der Waals surface area contributed by atoms with Gasteiger partial charge in [0.2, 0.25) is 0 Å². The van der Waals surface area contributed by atoms with E-state index in [-0.39, 0.29) is 17.7 Å². The van der Waals surface area contributed by atoms with E-state index in [1.54, 1.807) is 30.0 Å². The van der Waals surface area contributed by atoms with Gasteiger partial charge in [-0.05, 0) is 37.5 Å². The molecule has 0 fully saturated rings. The second-order valence-corrected chi connectivity index (χ2v) is 4.66. The summed E-state index contributed by atoms with van der Waals surface area (Å²) in [4.78, 5) is 11.8. The maximum Gasteiger partial charge on any atom is 0.255 e. The summed E-state index contributed by atoms with van der Waals surface area (Å²) in [5, 5.41) is 12.4. The number of carbonyl (C=O) groups is 1. The Balaban J connectivity index is 2.56. The van der Waals surface area contributed by atoms with Crippen LogP contribution in [0.15, 0.2) is 24.3 Å². The molecule has 0 aliphatic heterocycles. The Labute approximate surface area is 100 Å². The van der Waals surface area contributed by atoms with Gasteiger partial charge in [0.1, 0.15) is 5.75 Å². The monoisotopic (exact) mass is 239 g/mol. The number of benzene rings is 1. The van der Waals surface area contributed by atoms with Gasteiger partial charge < -0.3 is 10.4 Å². The number of rotatable bonds is 5. The zero-order valence-corrected chi connectivity index (χ0v) is 10.4. The van der Waals surface area contributed by atoms with Crippen molar-refractivity contribution in [1.29, 1.82) is 0 Å². The van der Waals surface area contributed by atoms with Gasteiger partial charge in [-0.3, -0.25) is 4.79 Å². The predicted octanol–water partition coefficient (Wildman–Crippen LogP) is 2.26. The third kappa shape index (κ3) is 3.77. The normalized spacial score (nSPS) is 12.1. The molecule has 0 aliphatic carbocycles. The van der Waals surface area contributed by atoms with Crippen LogP contribution in [0.2, 0.25) is 0 Å². The second-order valence-electron chi connectivity index (χ2n) is 3.67. The molecule has 0 aliphatic rings. The summed E-state index contributed by atoms with van der Waals surface area (Å²) in [6.07, 6.45) is 2.97. The fourth-order valence-electron chi connectivity index (χ4n) is 1.33. The van der Waals surface area contributed by atoms with E-state index >= 15 is 0 Å². The molecular weight excluding hydrogens is 222 g/mol. The Hall–Kier alpha value is -1.16. The summed E-state index contributed by atoms with van der Waals surface area (Å²) in [6, 6.07) is 6.69. The predicted molar refractivity (Wildman–Crippen MR) is 68.0 cm³/mol. The van der Waals surface area contributed by atoms with Crippen LogP contribution in [0.4, 0.5) is 0 Å². The van der Waals surface area contributed by atoms with Gasteiger partial charge in [0.05, 0.1) is 5.56 Å². The quantitative estimate of drug-likeness (QED) is 0.828. The van der Waals surface area contributed by atoms with Crippen molar-refractivity contribution < 1.29 is 9.90 Å². The van der Waals surface area contributed by atoms with E-state index in [9.17, 15) is 9.90 Å². The van der Waals surface area contributed by atoms with Gasteiger partial charge in [-0.1, -0.05) is 12.1 Å². The summed E-state index contributed by atoms with van der Waals surface area (Å²) >= 11 is 1.76. The molecule has 1 aromatic rings. The Bertz CT molecular complexity index is 355. The molecule has 4 heteroatoms. The highest BCUT2D eigenvalue weighted by molar-refractivity contribution is 7.98. The van der Waals surface area contributed by atoms with Crippen LogP contribution in [0.25, 0.3) is 0 Å². The first-order valence-corrected chi connectivity index (χ1v) is 6.62. The topological polar surface area (TPSA) is 49.3 Å². The third-order valence-corrected chi connectivity index (χ3v) is 2.93. The van der Waals surface area contributed by atoms with Crippen molar-refractivity contribution >= 4 is 17.7 Å². The van der Waals surface area contributed by atoms with Crippen molar-refractivity contribution in [2.24, 2.45) is 0 Å². The van der Waals surface area contributed by atoms with E-state index in [1.807, 2.05) is 13.2 Å². The van der Waals surface area contributed by atoms with Crippen molar-refractivity contribution in [1.82, 2.24) is 5.32 Å². The van der Waals surface area contributed by atoms with Crippen LogP contribution in [0, 0.1) is 0 Å². The molecule has 88 valence electrons. The lowest BCUT2D eigenvalue weighted by Gasteiger charge is -2.13. The van der Waals surface area contributed by atoms with Crippen LogP contribution < -0.4 is 5.32 Å². The summed E-state index contributed by atoms with van der Waals surface area (Å²) in [5.74, 6) is 0.825. The minimum atomic E-state index is -0.216. The first-order chi connectivity index (χ1) is 7.65. The molecule has 0 aromatic heterocycles. The van der Waals surface area contributed by atoms with Gasteiger partial charge in [-0.2, -0.15) is 11.8 Å². The lowest BCUT2D eigenvalue weighted by Crippen LogP contribution is -2.32. The maximum absolute atomic E-state index is 11.8. The zero-order chi connectivity index (χ0) is 12.0. The fraction of sp³-hybridized carbons (Fsp3) is 0.417. The number of aromatic hydroxyl groups is 1. The van der Waals surface area contributed by atoms with Crippen LogP contribution in [0.3, 0.4) is 0 Å². The van der Waals surface area contributed by atoms with E-state index in [4.69, 9.17) is 0 Å². The van der Waals surface area contributed by atoms with E-state index in [0.29, 0.717) is 5.56 Å². The molecule has 0 unspecified atom stereocenters. The Kier molecular flexibility index (Phi) is 5.19. The largest absolute Gasteiger partial charge is 0.507 e. The molecule has 16 heavy (non-hydrogen) atoms. The Morgan fingerprint density at radius 2 is 2.19 bits per heavy atom. The summed E-state index contributed by atoms with van der Waals surface area (Å²) in [5.41, 5.74) is 0.332. The standard InChI is InChI=1S/C12H17NO2S/c1-9(7-8-16-2)13-12(15)10-5-3-4-6-11(10)14/h3-6,9,14H,7-8H2,1-2H3,(H,13,15)/t9-/m0/s1. The number of thioether (sulfide) groups is 1. The highest BCUT2D eigenvalue weighted by Gasteiger charge is 2.12. The van der Waals surface area contributed by atoms with E-state index in [2.05, 4.69) is 5.32 Å². The lowest BCUT2D eigenvalue weighted by atomic mass is 10.1. The van der Waals surface area contributed by atoms with Crippen molar-refractivity contribution in [3.05, 3.63) is 29.8 Å². The summed E-state index contributed by atoms with van der Waals surface area (Å²) in [7, 11) is 0.